The molecule has 0 spiro atoms. The predicted molar refractivity (Wildman–Crippen MR) is 96.1 cm³/mol. The molecule has 2 aromatic heterocycles. The highest BCUT2D eigenvalue weighted by Crippen LogP contribution is 2.31. The third-order valence-electron chi connectivity index (χ3n) is 4.88. The summed E-state index contributed by atoms with van der Waals surface area (Å²) in [5, 5.41) is 9.15. The molecule has 0 saturated heterocycles. The van der Waals surface area contributed by atoms with E-state index in [1.165, 1.54) is 24.8 Å². The summed E-state index contributed by atoms with van der Waals surface area (Å²) in [6, 6.07) is 6.02. The summed E-state index contributed by atoms with van der Waals surface area (Å²) >= 11 is 1.70. The fourth-order valence-electron chi connectivity index (χ4n) is 2.90. The molecule has 0 bridgehead atoms. The Kier molecular flexibility index (Phi) is 3.92. The van der Waals surface area contributed by atoms with E-state index in [9.17, 15) is 4.79 Å². The van der Waals surface area contributed by atoms with Crippen molar-refractivity contribution in [2.75, 3.05) is 5.75 Å². The van der Waals surface area contributed by atoms with Gasteiger partial charge in [0.2, 0.25) is 5.65 Å². The number of aryl methyl sites for hydroxylation is 2. The molecule has 0 N–H and O–H groups in total. The summed E-state index contributed by atoms with van der Waals surface area (Å²) in [6.07, 6.45) is 7.64. The van der Waals surface area contributed by atoms with E-state index >= 15 is 0 Å². The number of hydrogen-bond acceptors (Lipinski definition) is 4. The Labute approximate surface area is 144 Å². The second kappa shape index (κ2) is 6.09. The summed E-state index contributed by atoms with van der Waals surface area (Å²) in [5.74, 6) is 1.85. The van der Waals surface area contributed by atoms with Crippen LogP contribution in [0.1, 0.15) is 30.4 Å². The SMILES string of the molecule is Cc1ccc(-n2ccn3c(SCC4CCC4)nnc3c2=O)cc1C. The summed E-state index contributed by atoms with van der Waals surface area (Å²) < 4.78 is 3.44. The van der Waals surface area contributed by atoms with Crippen molar-refractivity contribution in [1.82, 2.24) is 19.2 Å². The zero-order valence-electron chi connectivity index (χ0n) is 13.9. The van der Waals surface area contributed by atoms with Crippen LogP contribution in [0.4, 0.5) is 0 Å². The van der Waals surface area contributed by atoms with Crippen LogP contribution >= 0.6 is 11.8 Å². The van der Waals surface area contributed by atoms with Gasteiger partial charge in [-0.3, -0.25) is 13.8 Å². The van der Waals surface area contributed by atoms with Crippen molar-refractivity contribution in [3.63, 3.8) is 0 Å². The third kappa shape index (κ3) is 2.65. The van der Waals surface area contributed by atoms with Gasteiger partial charge < -0.3 is 0 Å². The van der Waals surface area contributed by atoms with E-state index in [2.05, 4.69) is 24.0 Å². The van der Waals surface area contributed by atoms with Gasteiger partial charge in [-0.05, 0) is 55.9 Å². The van der Waals surface area contributed by atoms with Crippen LogP contribution in [0.3, 0.4) is 0 Å². The molecule has 0 radical (unpaired) electrons. The molecular formula is C18H20N4OS. The van der Waals surface area contributed by atoms with E-state index in [-0.39, 0.29) is 5.56 Å². The maximum atomic E-state index is 12.8. The molecule has 1 saturated carbocycles. The molecular weight excluding hydrogens is 320 g/mol. The lowest BCUT2D eigenvalue weighted by Gasteiger charge is -2.24. The standard InChI is InChI=1S/C18H20N4OS/c1-12-6-7-15(10-13(12)2)21-8-9-22-16(17(21)23)19-20-18(22)24-11-14-4-3-5-14/h6-10,14H,3-5,11H2,1-2H3. The molecule has 1 aliphatic rings. The Morgan fingerprint density at radius 3 is 2.71 bits per heavy atom. The average molecular weight is 340 g/mol. The van der Waals surface area contributed by atoms with Crippen LogP contribution in [-0.4, -0.2) is 24.9 Å². The molecule has 1 fully saturated rings. The maximum absolute atomic E-state index is 12.8. The molecule has 0 aliphatic heterocycles. The fraction of sp³-hybridized carbons (Fsp3) is 0.389. The number of rotatable bonds is 4. The molecule has 0 atom stereocenters. The van der Waals surface area contributed by atoms with Crippen LogP contribution in [0.5, 0.6) is 0 Å². The van der Waals surface area contributed by atoms with Crippen LogP contribution in [0.25, 0.3) is 11.3 Å². The van der Waals surface area contributed by atoms with E-state index in [4.69, 9.17) is 0 Å². The molecule has 1 aliphatic carbocycles. The van der Waals surface area contributed by atoms with E-state index < -0.39 is 0 Å². The number of aromatic nitrogens is 4. The Morgan fingerprint density at radius 2 is 2.00 bits per heavy atom. The van der Waals surface area contributed by atoms with Gasteiger partial charge in [-0.15, -0.1) is 10.2 Å². The van der Waals surface area contributed by atoms with Gasteiger partial charge in [-0.25, -0.2) is 0 Å². The minimum atomic E-state index is -0.135. The van der Waals surface area contributed by atoms with Gasteiger partial charge in [-0.2, -0.15) is 0 Å². The molecule has 3 aromatic rings. The topological polar surface area (TPSA) is 52.2 Å². The number of benzene rings is 1. The average Bonchev–Trinajstić information content (AvgIpc) is 2.93. The second-order valence-electron chi connectivity index (χ2n) is 6.53. The summed E-state index contributed by atoms with van der Waals surface area (Å²) in [4.78, 5) is 12.8. The number of fused-ring (bicyclic) bond motifs is 1. The van der Waals surface area contributed by atoms with Crippen molar-refractivity contribution in [3.05, 3.63) is 52.1 Å². The second-order valence-corrected chi connectivity index (χ2v) is 7.51. The molecule has 5 nitrogen and oxygen atoms in total. The highest BCUT2D eigenvalue weighted by molar-refractivity contribution is 7.99. The molecule has 124 valence electrons. The predicted octanol–water partition coefficient (Wildman–Crippen LogP) is 3.39. The lowest BCUT2D eigenvalue weighted by Crippen LogP contribution is -2.20. The maximum Gasteiger partial charge on any atom is 0.300 e. The first-order chi connectivity index (χ1) is 11.6. The van der Waals surface area contributed by atoms with Crippen molar-refractivity contribution in [3.8, 4) is 5.69 Å². The van der Waals surface area contributed by atoms with Gasteiger partial charge >= 0.3 is 5.56 Å². The van der Waals surface area contributed by atoms with Gasteiger partial charge in [0, 0.05) is 23.8 Å². The summed E-state index contributed by atoms with van der Waals surface area (Å²) in [7, 11) is 0. The fourth-order valence-corrected chi connectivity index (χ4v) is 4.00. The lowest BCUT2D eigenvalue weighted by atomic mass is 9.87. The highest BCUT2D eigenvalue weighted by Gasteiger charge is 2.19. The third-order valence-corrected chi connectivity index (χ3v) is 6.06. The Morgan fingerprint density at radius 1 is 1.17 bits per heavy atom. The normalized spacial score (nSPS) is 14.9. The first-order valence-electron chi connectivity index (χ1n) is 8.30. The zero-order valence-corrected chi connectivity index (χ0v) is 14.7. The lowest BCUT2D eigenvalue weighted by molar-refractivity contribution is 0.353. The van der Waals surface area contributed by atoms with Gasteiger partial charge in [0.15, 0.2) is 5.16 Å². The van der Waals surface area contributed by atoms with E-state index in [0.717, 1.165) is 28.1 Å². The molecule has 0 unspecified atom stereocenters. The van der Waals surface area contributed by atoms with Gasteiger partial charge in [0.25, 0.3) is 0 Å². The highest BCUT2D eigenvalue weighted by atomic mass is 32.2. The van der Waals surface area contributed by atoms with Crippen LogP contribution in [-0.2, 0) is 0 Å². The van der Waals surface area contributed by atoms with Crippen molar-refractivity contribution >= 4 is 17.4 Å². The monoisotopic (exact) mass is 340 g/mol. The van der Waals surface area contributed by atoms with E-state index in [1.807, 2.05) is 28.8 Å². The minimum absolute atomic E-state index is 0.135. The first kappa shape index (κ1) is 15.4. The van der Waals surface area contributed by atoms with Crippen LogP contribution in [0.2, 0.25) is 0 Å². The Bertz CT molecular complexity index is 955. The molecule has 0 amide bonds. The molecule has 6 heteroatoms. The van der Waals surface area contributed by atoms with Crippen molar-refractivity contribution < 1.29 is 0 Å². The van der Waals surface area contributed by atoms with Crippen molar-refractivity contribution in [2.24, 2.45) is 5.92 Å². The quantitative estimate of drug-likeness (QED) is 0.683. The van der Waals surface area contributed by atoms with Gasteiger partial charge in [0.05, 0.1) is 0 Å². The first-order valence-corrected chi connectivity index (χ1v) is 9.29. The van der Waals surface area contributed by atoms with Crippen LogP contribution < -0.4 is 5.56 Å². The molecule has 2 heterocycles. The zero-order chi connectivity index (χ0) is 16.7. The molecule has 24 heavy (non-hydrogen) atoms. The smallest absolute Gasteiger partial charge is 0.280 e. The van der Waals surface area contributed by atoms with E-state index in [1.54, 1.807) is 22.5 Å². The summed E-state index contributed by atoms with van der Waals surface area (Å²) in [6.45, 7) is 4.11. The van der Waals surface area contributed by atoms with E-state index in [0.29, 0.717) is 5.65 Å². The van der Waals surface area contributed by atoms with Crippen molar-refractivity contribution in [1.29, 1.82) is 0 Å². The van der Waals surface area contributed by atoms with Crippen LogP contribution in [0, 0.1) is 19.8 Å². The number of nitrogens with zero attached hydrogens (tertiary/aromatic N) is 4. The number of thioether (sulfide) groups is 1. The molecule has 1 aromatic carbocycles. The number of hydrogen-bond donors (Lipinski definition) is 0. The largest absolute Gasteiger partial charge is 0.300 e. The minimum Gasteiger partial charge on any atom is -0.280 e. The summed E-state index contributed by atoms with van der Waals surface area (Å²) in [5.41, 5.74) is 3.48. The molecule has 4 rings (SSSR count). The van der Waals surface area contributed by atoms with Crippen molar-refractivity contribution in [2.45, 2.75) is 38.3 Å². The Hall–Kier alpha value is -2.08. The van der Waals surface area contributed by atoms with Gasteiger partial charge in [-0.1, -0.05) is 24.2 Å². The van der Waals surface area contributed by atoms with Crippen LogP contribution in [0.15, 0.2) is 40.5 Å². The Balaban J connectivity index is 1.70. The van der Waals surface area contributed by atoms with Gasteiger partial charge in [0.1, 0.15) is 0 Å².